The lowest BCUT2D eigenvalue weighted by Gasteiger charge is -2.05. The van der Waals surface area contributed by atoms with E-state index in [1.165, 1.54) is 6.07 Å². The largest absolute Gasteiger partial charge is 0.478 e. The van der Waals surface area contributed by atoms with Gasteiger partial charge in [-0.15, -0.1) is 0 Å². The number of hydrogen-bond acceptors (Lipinski definition) is 2. The Morgan fingerprint density at radius 3 is 2.63 bits per heavy atom. The second kappa shape index (κ2) is 5.23. The van der Waals surface area contributed by atoms with Gasteiger partial charge in [-0.25, -0.2) is 9.18 Å². The molecule has 0 atom stereocenters. The summed E-state index contributed by atoms with van der Waals surface area (Å²) in [6.07, 6.45) is 1.59. The molecule has 0 spiro atoms. The van der Waals surface area contributed by atoms with Gasteiger partial charge in [0.1, 0.15) is 11.5 Å². The van der Waals surface area contributed by atoms with Crippen molar-refractivity contribution in [1.29, 1.82) is 0 Å². The summed E-state index contributed by atoms with van der Waals surface area (Å²) in [5.74, 6) is -2.70. The second-order valence-electron chi connectivity index (χ2n) is 3.69. The zero-order valence-corrected chi connectivity index (χ0v) is 11.0. The number of carboxylic acid groups (broad SMARTS) is 1. The van der Waals surface area contributed by atoms with Crippen LogP contribution in [-0.2, 0) is 0 Å². The molecule has 0 fully saturated rings. The smallest absolute Gasteiger partial charge is 0.338 e. The number of carbonyl (C=O) groups excluding carboxylic acids is 1. The third-order valence-corrected chi connectivity index (χ3v) is 2.80. The summed E-state index contributed by atoms with van der Waals surface area (Å²) in [7, 11) is 0. The standard InChI is InChI=1S/C12H8BrFN2O3/c13-6-3-10(15-5-6)11(17)16-7-1-2-9(14)8(4-7)12(18)19/h1-5,15H,(H,16,17)(H,18,19). The van der Waals surface area contributed by atoms with Gasteiger partial charge in [-0.05, 0) is 40.2 Å². The molecule has 5 nitrogen and oxygen atoms in total. The number of hydrogen-bond donors (Lipinski definition) is 3. The maximum Gasteiger partial charge on any atom is 0.338 e. The van der Waals surface area contributed by atoms with Crippen molar-refractivity contribution in [2.45, 2.75) is 0 Å². The predicted molar refractivity (Wildman–Crippen MR) is 69.8 cm³/mol. The molecule has 7 heteroatoms. The van der Waals surface area contributed by atoms with E-state index in [1.807, 2.05) is 0 Å². The van der Waals surface area contributed by atoms with Gasteiger partial charge < -0.3 is 15.4 Å². The molecule has 0 bridgehead atoms. The van der Waals surface area contributed by atoms with Crippen LogP contribution >= 0.6 is 15.9 Å². The lowest BCUT2D eigenvalue weighted by atomic mass is 10.2. The van der Waals surface area contributed by atoms with E-state index < -0.39 is 23.3 Å². The van der Waals surface area contributed by atoms with Crippen molar-refractivity contribution in [3.63, 3.8) is 0 Å². The van der Waals surface area contributed by atoms with Crippen molar-refractivity contribution in [3.8, 4) is 0 Å². The average molecular weight is 327 g/mol. The van der Waals surface area contributed by atoms with Crippen molar-refractivity contribution in [3.05, 3.63) is 52.0 Å². The van der Waals surface area contributed by atoms with Crippen LogP contribution in [0.3, 0.4) is 0 Å². The minimum absolute atomic E-state index is 0.203. The first-order valence-electron chi connectivity index (χ1n) is 5.15. The van der Waals surface area contributed by atoms with E-state index in [9.17, 15) is 14.0 Å². The molecule has 2 rings (SSSR count). The van der Waals surface area contributed by atoms with Gasteiger partial charge in [-0.1, -0.05) is 0 Å². The molecular weight excluding hydrogens is 319 g/mol. The molecule has 1 aromatic carbocycles. The fourth-order valence-corrected chi connectivity index (χ4v) is 1.81. The van der Waals surface area contributed by atoms with Gasteiger partial charge in [0.05, 0.1) is 5.56 Å². The zero-order valence-electron chi connectivity index (χ0n) is 9.41. The van der Waals surface area contributed by atoms with Crippen molar-refractivity contribution in [1.82, 2.24) is 4.98 Å². The number of benzene rings is 1. The van der Waals surface area contributed by atoms with Crippen molar-refractivity contribution >= 4 is 33.5 Å². The highest BCUT2D eigenvalue weighted by Crippen LogP contribution is 2.17. The maximum atomic E-state index is 13.2. The summed E-state index contributed by atoms with van der Waals surface area (Å²) in [6, 6.07) is 4.91. The summed E-state index contributed by atoms with van der Waals surface area (Å²) >= 11 is 3.19. The first kappa shape index (κ1) is 13.3. The highest BCUT2D eigenvalue weighted by molar-refractivity contribution is 9.10. The molecule has 0 aliphatic carbocycles. The molecule has 0 radical (unpaired) electrons. The van der Waals surface area contributed by atoms with Gasteiger partial charge in [0.2, 0.25) is 0 Å². The molecule has 19 heavy (non-hydrogen) atoms. The summed E-state index contributed by atoms with van der Waals surface area (Å²) in [6.45, 7) is 0. The van der Waals surface area contributed by atoms with Crippen LogP contribution in [0.2, 0.25) is 0 Å². The van der Waals surface area contributed by atoms with Crippen molar-refractivity contribution in [2.24, 2.45) is 0 Å². The topological polar surface area (TPSA) is 82.2 Å². The van der Waals surface area contributed by atoms with Gasteiger partial charge in [0, 0.05) is 16.4 Å². The van der Waals surface area contributed by atoms with E-state index in [4.69, 9.17) is 5.11 Å². The van der Waals surface area contributed by atoms with Crippen LogP contribution in [0.25, 0.3) is 0 Å². The van der Waals surface area contributed by atoms with Crippen LogP contribution in [0, 0.1) is 5.82 Å². The number of amides is 1. The third kappa shape index (κ3) is 3.00. The summed E-state index contributed by atoms with van der Waals surface area (Å²) < 4.78 is 13.9. The average Bonchev–Trinajstić information content (AvgIpc) is 2.78. The van der Waals surface area contributed by atoms with Gasteiger partial charge in [0.25, 0.3) is 5.91 Å². The number of carbonyl (C=O) groups is 2. The Morgan fingerprint density at radius 1 is 1.32 bits per heavy atom. The highest BCUT2D eigenvalue weighted by atomic mass is 79.9. The number of H-pyrrole nitrogens is 1. The van der Waals surface area contributed by atoms with Crippen LogP contribution in [-0.4, -0.2) is 22.0 Å². The molecule has 0 aliphatic rings. The van der Waals surface area contributed by atoms with E-state index in [0.29, 0.717) is 10.2 Å². The van der Waals surface area contributed by atoms with E-state index >= 15 is 0 Å². The Kier molecular flexibility index (Phi) is 3.66. The lowest BCUT2D eigenvalue weighted by Crippen LogP contribution is -2.13. The SMILES string of the molecule is O=C(Nc1ccc(F)c(C(=O)O)c1)c1cc(Br)c[nH]1. The Hall–Kier alpha value is -2.15. The molecule has 0 saturated carbocycles. The van der Waals surface area contributed by atoms with E-state index in [1.54, 1.807) is 12.3 Å². The predicted octanol–water partition coefficient (Wildman–Crippen LogP) is 2.87. The van der Waals surface area contributed by atoms with Crippen LogP contribution in [0.5, 0.6) is 0 Å². The Balaban J connectivity index is 2.22. The first-order valence-corrected chi connectivity index (χ1v) is 5.95. The van der Waals surface area contributed by atoms with Crippen molar-refractivity contribution in [2.75, 3.05) is 5.32 Å². The molecule has 1 amide bonds. The molecular formula is C12H8BrFN2O3. The number of nitrogens with one attached hydrogen (secondary N) is 2. The van der Waals surface area contributed by atoms with E-state index in [-0.39, 0.29) is 5.69 Å². The Morgan fingerprint density at radius 2 is 2.05 bits per heavy atom. The molecule has 0 aliphatic heterocycles. The van der Waals surface area contributed by atoms with Crippen LogP contribution in [0.1, 0.15) is 20.8 Å². The number of rotatable bonds is 3. The third-order valence-electron chi connectivity index (χ3n) is 2.35. The number of halogens is 2. The molecule has 1 heterocycles. The first-order chi connectivity index (χ1) is 8.97. The van der Waals surface area contributed by atoms with Crippen molar-refractivity contribution < 1.29 is 19.1 Å². The molecule has 3 N–H and O–H groups in total. The molecule has 2 aromatic rings. The fraction of sp³-hybridized carbons (Fsp3) is 0. The maximum absolute atomic E-state index is 13.2. The molecule has 1 aromatic heterocycles. The molecule has 98 valence electrons. The van der Waals surface area contributed by atoms with E-state index in [2.05, 4.69) is 26.2 Å². The summed E-state index contributed by atoms with van der Waals surface area (Å²) in [5, 5.41) is 11.3. The van der Waals surface area contributed by atoms with Crippen LogP contribution < -0.4 is 5.32 Å². The van der Waals surface area contributed by atoms with Crippen LogP contribution in [0.4, 0.5) is 10.1 Å². The zero-order chi connectivity index (χ0) is 14.0. The number of aromatic nitrogens is 1. The molecule has 0 saturated heterocycles. The summed E-state index contributed by atoms with van der Waals surface area (Å²) in [4.78, 5) is 25.3. The minimum Gasteiger partial charge on any atom is -0.478 e. The quantitative estimate of drug-likeness (QED) is 0.811. The minimum atomic E-state index is -1.39. The number of carboxylic acids is 1. The molecule has 0 unspecified atom stereocenters. The normalized spacial score (nSPS) is 10.2. The van der Waals surface area contributed by atoms with Gasteiger partial charge in [-0.2, -0.15) is 0 Å². The van der Waals surface area contributed by atoms with Crippen LogP contribution in [0.15, 0.2) is 34.9 Å². The van der Waals surface area contributed by atoms with Gasteiger partial charge in [0.15, 0.2) is 0 Å². The Labute approximate surface area is 115 Å². The van der Waals surface area contributed by atoms with E-state index in [0.717, 1.165) is 12.1 Å². The fourth-order valence-electron chi connectivity index (χ4n) is 1.46. The highest BCUT2D eigenvalue weighted by Gasteiger charge is 2.13. The number of aromatic amines is 1. The monoisotopic (exact) mass is 326 g/mol. The lowest BCUT2D eigenvalue weighted by molar-refractivity contribution is 0.0691. The van der Waals surface area contributed by atoms with Gasteiger partial charge >= 0.3 is 5.97 Å². The van der Waals surface area contributed by atoms with Gasteiger partial charge in [-0.3, -0.25) is 4.79 Å². The number of anilines is 1. The second-order valence-corrected chi connectivity index (χ2v) is 4.60. The Bertz CT molecular complexity index is 654. The summed E-state index contributed by atoms with van der Waals surface area (Å²) in [5.41, 5.74) is 0.00747. The number of aromatic carboxylic acids is 1.